The number of methoxy groups -OCH3 is 1. The monoisotopic (exact) mass is 300 g/mol. The summed E-state index contributed by atoms with van der Waals surface area (Å²) in [4.78, 5) is 23.8. The van der Waals surface area contributed by atoms with Gasteiger partial charge in [-0.05, 0) is 24.4 Å². The van der Waals surface area contributed by atoms with Gasteiger partial charge < -0.3 is 19.9 Å². The minimum atomic E-state index is -0.942. The van der Waals surface area contributed by atoms with E-state index in [9.17, 15) is 14.7 Å². The summed E-state index contributed by atoms with van der Waals surface area (Å²) in [6, 6.07) is 1.53. The van der Waals surface area contributed by atoms with E-state index in [-0.39, 0.29) is 12.5 Å². The zero-order valence-electron chi connectivity index (χ0n) is 11.0. The van der Waals surface area contributed by atoms with E-state index in [0.717, 1.165) is 11.5 Å². The van der Waals surface area contributed by atoms with Crippen LogP contribution in [0.5, 0.6) is 5.88 Å². The van der Waals surface area contributed by atoms with Gasteiger partial charge in [-0.25, -0.2) is 0 Å². The van der Waals surface area contributed by atoms with Crippen LogP contribution in [0.1, 0.15) is 22.5 Å². The lowest BCUT2D eigenvalue weighted by atomic mass is 9.80. The van der Waals surface area contributed by atoms with Gasteiger partial charge >= 0.3 is 5.97 Å². The average molecular weight is 300 g/mol. The summed E-state index contributed by atoms with van der Waals surface area (Å²) in [7, 11) is 1.47. The predicted molar refractivity (Wildman–Crippen MR) is 71.1 cm³/mol. The number of ether oxygens (including phenoxy) is 2. The van der Waals surface area contributed by atoms with Crippen molar-refractivity contribution in [1.82, 2.24) is 9.69 Å². The average Bonchev–Trinajstić information content (AvgIpc) is 2.94. The fourth-order valence-corrected chi connectivity index (χ4v) is 2.65. The quantitative estimate of drug-likeness (QED) is 0.833. The molecule has 2 heterocycles. The van der Waals surface area contributed by atoms with Gasteiger partial charge in [0.2, 0.25) is 5.88 Å². The van der Waals surface area contributed by atoms with E-state index in [1.807, 2.05) is 0 Å². The first-order valence-corrected chi connectivity index (χ1v) is 6.95. The topological polar surface area (TPSA) is 97.8 Å². The Balaban J connectivity index is 1.98. The Morgan fingerprint density at radius 2 is 2.25 bits per heavy atom. The van der Waals surface area contributed by atoms with Gasteiger partial charge in [0, 0.05) is 25.8 Å². The Morgan fingerprint density at radius 1 is 1.55 bits per heavy atom. The summed E-state index contributed by atoms with van der Waals surface area (Å²) in [6.45, 7) is 0.887. The molecule has 1 amide bonds. The first-order chi connectivity index (χ1) is 9.57. The highest BCUT2D eigenvalue weighted by molar-refractivity contribution is 7.08. The van der Waals surface area contributed by atoms with Crippen LogP contribution in [0.4, 0.5) is 0 Å². The van der Waals surface area contributed by atoms with Crippen molar-refractivity contribution in [3.05, 3.63) is 10.9 Å². The first kappa shape index (κ1) is 14.7. The van der Waals surface area contributed by atoms with E-state index in [4.69, 9.17) is 9.47 Å². The summed E-state index contributed by atoms with van der Waals surface area (Å²) in [6.07, 6.45) is 0.795. The molecule has 0 atom stereocenters. The van der Waals surface area contributed by atoms with Crippen molar-refractivity contribution in [2.45, 2.75) is 12.8 Å². The number of aliphatic carboxylic acids is 1. The van der Waals surface area contributed by atoms with E-state index in [2.05, 4.69) is 9.69 Å². The molecule has 8 heteroatoms. The molecular formula is C12H16N2O5S. The lowest BCUT2D eigenvalue weighted by Gasteiger charge is -2.32. The van der Waals surface area contributed by atoms with Crippen molar-refractivity contribution in [2.24, 2.45) is 5.41 Å². The molecule has 1 fully saturated rings. The van der Waals surface area contributed by atoms with Crippen molar-refractivity contribution in [3.8, 4) is 5.88 Å². The molecule has 1 aliphatic heterocycles. The zero-order chi connectivity index (χ0) is 14.6. The van der Waals surface area contributed by atoms with Crippen LogP contribution in [-0.2, 0) is 9.53 Å². The summed E-state index contributed by atoms with van der Waals surface area (Å²) < 4.78 is 14.0. The minimum Gasteiger partial charge on any atom is -0.481 e. The van der Waals surface area contributed by atoms with Crippen LogP contribution in [-0.4, -0.2) is 48.2 Å². The van der Waals surface area contributed by atoms with Gasteiger partial charge in [0.1, 0.15) is 4.88 Å². The molecule has 0 unspecified atom stereocenters. The predicted octanol–water partition coefficient (Wildman–Crippen LogP) is 0.763. The van der Waals surface area contributed by atoms with Gasteiger partial charge in [-0.3, -0.25) is 9.59 Å². The van der Waals surface area contributed by atoms with E-state index < -0.39 is 11.4 Å². The second kappa shape index (κ2) is 6.19. The van der Waals surface area contributed by atoms with Crippen LogP contribution in [0.25, 0.3) is 0 Å². The van der Waals surface area contributed by atoms with Crippen molar-refractivity contribution >= 4 is 23.4 Å². The number of carbonyl (C=O) groups excluding carboxylic acids is 1. The van der Waals surface area contributed by atoms with Gasteiger partial charge in [0.25, 0.3) is 5.91 Å². The molecule has 0 aliphatic carbocycles. The van der Waals surface area contributed by atoms with Crippen LogP contribution in [0.15, 0.2) is 6.07 Å². The standard InChI is InChI=1S/C12H16N2O5S/c1-18-9-6-8(20-14-9)10(15)13-7-12(11(16)17)2-4-19-5-3-12/h6H,2-5,7H2,1H3,(H,13,15)(H,16,17). The summed E-state index contributed by atoms with van der Waals surface area (Å²) >= 11 is 1.02. The molecule has 1 saturated heterocycles. The third-order valence-corrected chi connectivity index (χ3v) is 4.18. The van der Waals surface area contributed by atoms with Gasteiger partial charge in [0.15, 0.2) is 0 Å². The van der Waals surface area contributed by atoms with Crippen molar-refractivity contribution < 1.29 is 24.2 Å². The Kier molecular flexibility index (Phi) is 4.56. The highest BCUT2D eigenvalue weighted by atomic mass is 32.1. The normalized spacial score (nSPS) is 17.4. The maximum Gasteiger partial charge on any atom is 0.311 e. The van der Waals surface area contributed by atoms with Gasteiger partial charge in [0.05, 0.1) is 12.5 Å². The number of hydrogen-bond acceptors (Lipinski definition) is 6. The summed E-state index contributed by atoms with van der Waals surface area (Å²) in [5.74, 6) is -0.861. The van der Waals surface area contributed by atoms with E-state index in [1.54, 1.807) is 0 Å². The third kappa shape index (κ3) is 3.07. The summed E-state index contributed by atoms with van der Waals surface area (Å²) in [5.41, 5.74) is -0.942. The minimum absolute atomic E-state index is 0.0880. The molecule has 1 aliphatic rings. The molecule has 1 aromatic rings. The zero-order valence-corrected chi connectivity index (χ0v) is 11.9. The van der Waals surface area contributed by atoms with E-state index in [1.165, 1.54) is 13.2 Å². The second-order valence-electron chi connectivity index (χ2n) is 4.61. The largest absolute Gasteiger partial charge is 0.481 e. The Hall–Kier alpha value is -1.67. The van der Waals surface area contributed by atoms with Gasteiger partial charge in [-0.1, -0.05) is 0 Å². The number of carboxylic acids is 1. The van der Waals surface area contributed by atoms with E-state index in [0.29, 0.717) is 36.8 Å². The second-order valence-corrected chi connectivity index (χ2v) is 5.42. The lowest BCUT2D eigenvalue weighted by Crippen LogP contribution is -2.46. The molecule has 0 aromatic carbocycles. The molecule has 0 saturated carbocycles. The molecule has 110 valence electrons. The smallest absolute Gasteiger partial charge is 0.311 e. The first-order valence-electron chi connectivity index (χ1n) is 6.17. The Morgan fingerprint density at radius 3 is 2.80 bits per heavy atom. The van der Waals surface area contributed by atoms with Crippen LogP contribution in [0, 0.1) is 5.41 Å². The fourth-order valence-electron chi connectivity index (χ4n) is 2.03. The lowest BCUT2D eigenvalue weighted by molar-refractivity contribution is -0.154. The van der Waals surface area contributed by atoms with Crippen molar-refractivity contribution in [1.29, 1.82) is 0 Å². The Labute approximate surface area is 120 Å². The van der Waals surface area contributed by atoms with Crippen LogP contribution < -0.4 is 10.1 Å². The number of amides is 1. The number of rotatable bonds is 5. The Bertz CT molecular complexity index is 496. The molecular weight excluding hydrogens is 284 g/mol. The molecule has 1 aromatic heterocycles. The fraction of sp³-hybridized carbons (Fsp3) is 0.583. The number of nitrogens with zero attached hydrogens (tertiary/aromatic N) is 1. The van der Waals surface area contributed by atoms with Crippen LogP contribution in [0.2, 0.25) is 0 Å². The third-order valence-electron chi connectivity index (χ3n) is 3.41. The molecule has 0 radical (unpaired) electrons. The summed E-state index contributed by atoms with van der Waals surface area (Å²) in [5, 5.41) is 12.0. The molecule has 7 nitrogen and oxygen atoms in total. The number of aromatic nitrogens is 1. The maximum absolute atomic E-state index is 12.0. The highest BCUT2D eigenvalue weighted by Crippen LogP contribution is 2.30. The maximum atomic E-state index is 12.0. The number of carboxylic acid groups (broad SMARTS) is 1. The van der Waals surface area contributed by atoms with E-state index >= 15 is 0 Å². The highest BCUT2D eigenvalue weighted by Gasteiger charge is 2.40. The molecule has 2 N–H and O–H groups in total. The number of hydrogen-bond donors (Lipinski definition) is 2. The van der Waals surface area contributed by atoms with Gasteiger partial charge in [-0.2, -0.15) is 4.37 Å². The molecule has 0 bridgehead atoms. The SMILES string of the molecule is COc1cc(C(=O)NCC2(C(=O)O)CCOCC2)sn1. The van der Waals surface area contributed by atoms with Crippen LogP contribution >= 0.6 is 11.5 Å². The number of nitrogens with one attached hydrogen (secondary N) is 1. The van der Waals surface area contributed by atoms with Gasteiger partial charge in [-0.15, -0.1) is 0 Å². The molecule has 20 heavy (non-hydrogen) atoms. The van der Waals surface area contributed by atoms with Crippen molar-refractivity contribution in [2.75, 3.05) is 26.9 Å². The molecule has 0 spiro atoms. The molecule has 2 rings (SSSR count). The number of carbonyl (C=O) groups is 2. The van der Waals surface area contributed by atoms with Crippen LogP contribution in [0.3, 0.4) is 0 Å². The van der Waals surface area contributed by atoms with Crippen molar-refractivity contribution in [3.63, 3.8) is 0 Å².